The van der Waals surface area contributed by atoms with Crippen molar-refractivity contribution >= 4 is 38.8 Å². The molecule has 2 aliphatic rings. The molecule has 1 unspecified atom stereocenters. The molecule has 1 aliphatic carbocycles. The number of benzene rings is 1. The third-order valence-corrected chi connectivity index (χ3v) is 9.87. The van der Waals surface area contributed by atoms with Crippen molar-refractivity contribution in [2.45, 2.75) is 57.2 Å². The van der Waals surface area contributed by atoms with E-state index >= 15 is 0 Å². The molecule has 4 rings (SSSR count). The second-order valence-corrected chi connectivity index (χ2v) is 14.0. The van der Waals surface area contributed by atoms with E-state index in [0.29, 0.717) is 23.5 Å². The first-order valence-electron chi connectivity index (χ1n) is 14.2. The zero-order valence-electron chi connectivity index (χ0n) is 24.7. The number of carbonyl (C=O) groups is 1. The number of ether oxygens (including phenoxy) is 1. The van der Waals surface area contributed by atoms with Crippen molar-refractivity contribution in [2.24, 2.45) is 11.8 Å². The van der Waals surface area contributed by atoms with Crippen molar-refractivity contribution in [3.8, 4) is 5.75 Å². The van der Waals surface area contributed by atoms with Crippen molar-refractivity contribution in [1.29, 1.82) is 0 Å². The number of methoxy groups -OCH3 is 1. The van der Waals surface area contributed by atoms with Crippen molar-refractivity contribution in [1.82, 2.24) is 19.2 Å². The smallest absolute Gasteiger partial charge is 0.419 e. The van der Waals surface area contributed by atoms with Gasteiger partial charge in [-0.15, -0.1) is 0 Å². The van der Waals surface area contributed by atoms with E-state index < -0.39 is 21.4 Å². The number of aromatic nitrogens is 2. The summed E-state index contributed by atoms with van der Waals surface area (Å²) in [5.74, 6) is 3.86. The number of likely N-dealkylation sites (tertiary alicyclic amines) is 1. The molecule has 2 aromatic rings. The van der Waals surface area contributed by atoms with Crippen LogP contribution < -0.4 is 15.4 Å². The molecule has 13 heteroatoms. The number of hydrogen-bond donors (Lipinski definition) is 2. The third kappa shape index (κ3) is 7.93. The lowest BCUT2D eigenvalue weighted by molar-refractivity contribution is -0.138. The van der Waals surface area contributed by atoms with Gasteiger partial charge in [0.1, 0.15) is 5.75 Å². The fourth-order valence-electron chi connectivity index (χ4n) is 5.82. The Kier molecular flexibility index (Phi) is 10.0. The lowest BCUT2D eigenvalue weighted by Gasteiger charge is -2.38. The van der Waals surface area contributed by atoms with E-state index in [1.807, 2.05) is 7.05 Å². The number of hydrogen-bond acceptors (Lipinski definition) is 7. The fourth-order valence-corrected chi connectivity index (χ4v) is 6.67. The summed E-state index contributed by atoms with van der Waals surface area (Å²) in [5, 5.41) is 5.93. The van der Waals surface area contributed by atoms with Crippen LogP contribution in [0.2, 0.25) is 0 Å². The van der Waals surface area contributed by atoms with Crippen LogP contribution in [0, 0.1) is 11.8 Å². The molecule has 0 radical (unpaired) electrons. The van der Waals surface area contributed by atoms with Gasteiger partial charge in [-0.2, -0.15) is 13.2 Å². The van der Waals surface area contributed by atoms with E-state index in [9.17, 15) is 22.2 Å². The molecule has 1 aromatic heterocycles. The van der Waals surface area contributed by atoms with Crippen LogP contribution in [0.15, 0.2) is 24.4 Å². The van der Waals surface area contributed by atoms with Crippen LogP contribution in [-0.4, -0.2) is 81.8 Å². The second kappa shape index (κ2) is 13.2. The number of piperidine rings is 1. The topological polar surface area (TPSA) is 99.7 Å². The second-order valence-electron chi connectivity index (χ2n) is 11.5. The Morgan fingerprint density at radius 1 is 1.21 bits per heavy atom. The average molecular weight is 611 g/mol. The third-order valence-electron chi connectivity index (χ3n) is 8.38. The minimum Gasteiger partial charge on any atom is -0.494 e. The van der Waals surface area contributed by atoms with Gasteiger partial charge in [-0.1, -0.05) is 12.8 Å². The van der Waals surface area contributed by atoms with Gasteiger partial charge >= 0.3 is 6.18 Å². The summed E-state index contributed by atoms with van der Waals surface area (Å²) in [4.78, 5) is 23.2. The molecule has 1 amide bonds. The Hall–Kier alpha value is -2.90. The zero-order valence-corrected chi connectivity index (χ0v) is 25.5. The molecular weight excluding hydrogens is 569 g/mol. The Labute approximate surface area is 246 Å². The maximum Gasteiger partial charge on any atom is 0.419 e. The molecule has 2 fully saturated rings. The highest BCUT2D eigenvalue weighted by Crippen LogP contribution is 2.37. The number of nitrogens with one attached hydrogen (secondary N) is 2. The first-order chi connectivity index (χ1) is 19.8. The quantitative estimate of drug-likeness (QED) is 0.393. The Morgan fingerprint density at radius 2 is 1.90 bits per heavy atom. The number of alkyl halides is 3. The molecule has 0 spiro atoms. The standard InChI is InChI=1S/C29H41F3N6O3S/c1-37-14-12-19(13-15-37)27(39)34-21-10-11-23(26(17-21)41-3)35-28-33-18-22(29(30,31)32)24(36-28)16-20-8-6-7-9-25(20)38(2)42(4,5)40/h10-11,17-20,25H,4,6-9,12-16H2,1-3,5H3,(H,34,39)(H,33,35,36)/t20-,25+,42?/m0/s1. The summed E-state index contributed by atoms with van der Waals surface area (Å²) in [6.45, 7) is 1.73. The number of anilines is 3. The largest absolute Gasteiger partial charge is 0.494 e. The van der Waals surface area contributed by atoms with Gasteiger partial charge in [0.2, 0.25) is 11.9 Å². The van der Waals surface area contributed by atoms with Crippen LogP contribution in [0.3, 0.4) is 0 Å². The van der Waals surface area contributed by atoms with E-state index in [0.717, 1.165) is 51.4 Å². The Morgan fingerprint density at radius 3 is 2.55 bits per heavy atom. The van der Waals surface area contributed by atoms with Gasteiger partial charge in [-0.25, -0.2) is 14.3 Å². The van der Waals surface area contributed by atoms with Crippen LogP contribution in [0.1, 0.15) is 49.8 Å². The molecule has 1 saturated carbocycles. The predicted molar refractivity (Wildman–Crippen MR) is 161 cm³/mol. The summed E-state index contributed by atoms with van der Waals surface area (Å²) >= 11 is 0. The molecule has 1 aromatic carbocycles. The van der Waals surface area contributed by atoms with Crippen molar-refractivity contribution in [3.63, 3.8) is 0 Å². The van der Waals surface area contributed by atoms with Gasteiger partial charge in [0.25, 0.3) is 0 Å². The van der Waals surface area contributed by atoms with Crippen molar-refractivity contribution < 1.29 is 26.9 Å². The van der Waals surface area contributed by atoms with Gasteiger partial charge in [-0.05, 0) is 83.2 Å². The van der Waals surface area contributed by atoms with E-state index in [-0.39, 0.29) is 41.8 Å². The number of amides is 1. The predicted octanol–water partition coefficient (Wildman–Crippen LogP) is 4.82. The lowest BCUT2D eigenvalue weighted by Crippen LogP contribution is -2.43. The van der Waals surface area contributed by atoms with Crippen LogP contribution in [0.25, 0.3) is 0 Å². The van der Waals surface area contributed by atoms with Crippen molar-refractivity contribution in [2.75, 3.05) is 51.2 Å². The maximum absolute atomic E-state index is 14.0. The van der Waals surface area contributed by atoms with Crippen LogP contribution in [0.4, 0.5) is 30.5 Å². The molecule has 3 atom stereocenters. The average Bonchev–Trinajstić information content (AvgIpc) is 2.93. The van der Waals surface area contributed by atoms with Crippen LogP contribution in [-0.2, 0) is 27.1 Å². The minimum atomic E-state index is -4.63. The van der Waals surface area contributed by atoms with E-state index in [1.165, 1.54) is 7.11 Å². The molecule has 0 bridgehead atoms. The summed E-state index contributed by atoms with van der Waals surface area (Å²) in [5.41, 5.74) is 0.00282. The molecule has 42 heavy (non-hydrogen) atoms. The SMILES string of the molecule is C=S(C)(=O)N(C)[C@@H]1CCCC[C@H]1Cc1nc(Nc2ccc(NC(=O)C3CCN(C)CC3)cc2OC)ncc1C(F)(F)F. The molecule has 1 aliphatic heterocycles. The van der Waals surface area contributed by atoms with Gasteiger partial charge in [0, 0.05) is 45.9 Å². The molecule has 2 heterocycles. The molecular formula is C29H41F3N6O3S. The van der Waals surface area contributed by atoms with Gasteiger partial charge < -0.3 is 20.3 Å². The fraction of sp³-hybridized carbons (Fsp3) is 0.586. The van der Waals surface area contributed by atoms with E-state index in [2.05, 4.69) is 31.4 Å². The van der Waals surface area contributed by atoms with Crippen LogP contribution in [0.5, 0.6) is 5.75 Å². The van der Waals surface area contributed by atoms with Gasteiger partial charge in [0.05, 0.1) is 24.1 Å². The van der Waals surface area contributed by atoms with E-state index in [1.54, 1.807) is 35.8 Å². The highest BCUT2D eigenvalue weighted by Gasteiger charge is 2.38. The molecule has 232 valence electrons. The Balaban J connectivity index is 1.55. The summed E-state index contributed by atoms with van der Waals surface area (Å²) in [6, 6.07) is 4.86. The van der Waals surface area contributed by atoms with Crippen LogP contribution >= 0.6 is 0 Å². The minimum absolute atomic E-state index is 0.00317. The molecule has 9 nitrogen and oxygen atoms in total. The normalized spacial score (nSPS) is 22.0. The zero-order chi connectivity index (χ0) is 30.7. The number of rotatable bonds is 9. The monoisotopic (exact) mass is 610 g/mol. The van der Waals surface area contributed by atoms with Gasteiger partial charge in [-0.3, -0.25) is 9.00 Å². The van der Waals surface area contributed by atoms with Crippen molar-refractivity contribution in [3.05, 3.63) is 35.7 Å². The molecule has 1 saturated heterocycles. The summed E-state index contributed by atoms with van der Waals surface area (Å²) < 4.78 is 61.9. The number of carbonyl (C=O) groups excluding carboxylic acids is 1. The number of halogens is 3. The first kappa shape index (κ1) is 32.0. The maximum atomic E-state index is 14.0. The lowest BCUT2D eigenvalue weighted by atomic mass is 9.81. The Bertz CT molecular complexity index is 1360. The first-order valence-corrected chi connectivity index (χ1v) is 16.3. The highest BCUT2D eigenvalue weighted by atomic mass is 32.2. The summed E-state index contributed by atoms with van der Waals surface area (Å²) in [7, 11) is 2.71. The van der Waals surface area contributed by atoms with E-state index in [4.69, 9.17) is 4.74 Å². The molecule has 2 N–H and O–H groups in total. The van der Waals surface area contributed by atoms with Gasteiger partial charge in [0.15, 0.2) is 0 Å². The number of nitrogens with zero attached hydrogens (tertiary/aromatic N) is 4. The summed E-state index contributed by atoms with van der Waals surface area (Å²) in [6.07, 6.45) is 2.60. The highest BCUT2D eigenvalue weighted by molar-refractivity contribution is 7.97.